The van der Waals surface area contributed by atoms with E-state index in [1.165, 1.54) is 16.9 Å². The van der Waals surface area contributed by atoms with Crippen molar-refractivity contribution in [3.8, 4) is 11.3 Å². The number of halogens is 1. The third-order valence-corrected chi connectivity index (χ3v) is 5.76. The highest BCUT2D eigenvalue weighted by molar-refractivity contribution is 6.05. The van der Waals surface area contributed by atoms with Gasteiger partial charge in [0.2, 0.25) is 0 Å². The number of hydrogen-bond donors (Lipinski definition) is 1. The topological polar surface area (TPSA) is 92.1 Å². The van der Waals surface area contributed by atoms with Crippen molar-refractivity contribution in [3.63, 3.8) is 0 Å². The van der Waals surface area contributed by atoms with E-state index in [0.29, 0.717) is 28.0 Å². The van der Waals surface area contributed by atoms with Crippen molar-refractivity contribution in [2.45, 2.75) is 0 Å². The van der Waals surface area contributed by atoms with Gasteiger partial charge in [0.15, 0.2) is 0 Å². The molecule has 3 aromatic heterocycles. The number of amides is 1. The zero-order chi connectivity index (χ0) is 22.9. The molecule has 1 aliphatic heterocycles. The standard InChI is InChI=1S/C23H23FN8O/c1-30-5-7-32(8-6-30)22-12-15(3-4-25-22)23(33)27-21-11-16-9-18(20-14-31(2)29-28-20)19(24)10-17(16)13-26-21/h3-4,9-14H,5-8H2,1-2H3,(H,26,27,33). The highest BCUT2D eigenvalue weighted by Gasteiger charge is 2.17. The van der Waals surface area contributed by atoms with E-state index >= 15 is 0 Å². The zero-order valence-corrected chi connectivity index (χ0v) is 18.4. The van der Waals surface area contributed by atoms with Crippen LogP contribution in [0.3, 0.4) is 0 Å². The average molecular weight is 446 g/mol. The van der Waals surface area contributed by atoms with Crippen LogP contribution in [0.5, 0.6) is 0 Å². The van der Waals surface area contributed by atoms with Crippen LogP contribution in [0.4, 0.5) is 16.0 Å². The molecule has 1 N–H and O–H groups in total. The number of aryl methyl sites for hydroxylation is 1. The first-order valence-electron chi connectivity index (χ1n) is 10.6. The first-order chi connectivity index (χ1) is 16.0. The Morgan fingerprint density at radius 3 is 2.61 bits per heavy atom. The molecule has 1 fully saturated rings. The molecule has 9 nitrogen and oxygen atoms in total. The van der Waals surface area contributed by atoms with E-state index in [0.717, 1.165) is 37.4 Å². The summed E-state index contributed by atoms with van der Waals surface area (Å²) in [6.07, 6.45) is 4.83. The number of nitrogens with one attached hydrogen (secondary N) is 1. The number of aromatic nitrogens is 5. The van der Waals surface area contributed by atoms with Crippen molar-refractivity contribution in [2.75, 3.05) is 43.4 Å². The third kappa shape index (κ3) is 4.37. The number of piperazine rings is 1. The Hall–Kier alpha value is -3.92. The summed E-state index contributed by atoms with van der Waals surface area (Å²) < 4.78 is 16.1. The second-order valence-electron chi connectivity index (χ2n) is 8.17. The van der Waals surface area contributed by atoms with E-state index in [2.05, 4.69) is 42.4 Å². The highest BCUT2D eigenvalue weighted by atomic mass is 19.1. The van der Waals surface area contributed by atoms with Crippen molar-refractivity contribution >= 4 is 28.3 Å². The molecule has 0 radical (unpaired) electrons. The average Bonchev–Trinajstić information content (AvgIpc) is 3.25. The van der Waals surface area contributed by atoms with E-state index in [1.807, 2.05) is 0 Å². The molecule has 1 amide bonds. The summed E-state index contributed by atoms with van der Waals surface area (Å²) in [6.45, 7) is 3.64. The van der Waals surface area contributed by atoms with Gasteiger partial charge >= 0.3 is 0 Å². The second-order valence-corrected chi connectivity index (χ2v) is 8.17. The minimum absolute atomic E-state index is 0.282. The lowest BCUT2D eigenvalue weighted by Crippen LogP contribution is -2.44. The summed E-state index contributed by atoms with van der Waals surface area (Å²) in [5.41, 5.74) is 1.28. The number of likely N-dealkylation sites (N-methyl/N-ethyl adjacent to an activating group) is 1. The number of carbonyl (C=O) groups excluding carboxylic acids is 1. The number of benzene rings is 1. The van der Waals surface area contributed by atoms with E-state index in [4.69, 9.17) is 0 Å². The lowest BCUT2D eigenvalue weighted by atomic mass is 10.1. The van der Waals surface area contributed by atoms with Crippen LogP contribution in [0.1, 0.15) is 10.4 Å². The van der Waals surface area contributed by atoms with Crippen LogP contribution in [0.25, 0.3) is 22.0 Å². The fourth-order valence-corrected chi connectivity index (χ4v) is 3.86. The molecule has 168 valence electrons. The molecular weight excluding hydrogens is 423 g/mol. The Labute approximate surface area is 189 Å². The molecule has 33 heavy (non-hydrogen) atoms. The van der Waals surface area contributed by atoms with Crippen molar-refractivity contribution in [3.05, 3.63) is 60.3 Å². The maximum Gasteiger partial charge on any atom is 0.257 e. The normalized spacial score (nSPS) is 14.6. The van der Waals surface area contributed by atoms with Crippen LogP contribution in [0, 0.1) is 5.82 Å². The number of rotatable bonds is 4. The molecule has 0 aliphatic carbocycles. The quantitative estimate of drug-likeness (QED) is 0.515. The molecule has 10 heteroatoms. The van der Waals surface area contributed by atoms with Gasteiger partial charge < -0.3 is 15.1 Å². The van der Waals surface area contributed by atoms with Gasteiger partial charge in [-0.1, -0.05) is 5.21 Å². The van der Waals surface area contributed by atoms with Crippen molar-refractivity contribution < 1.29 is 9.18 Å². The molecule has 4 heterocycles. The van der Waals surface area contributed by atoms with Crippen LogP contribution in [0.2, 0.25) is 0 Å². The molecule has 0 atom stereocenters. The van der Waals surface area contributed by atoms with Gasteiger partial charge in [0.25, 0.3) is 5.91 Å². The molecule has 1 aliphatic rings. The largest absolute Gasteiger partial charge is 0.354 e. The minimum Gasteiger partial charge on any atom is -0.354 e. The van der Waals surface area contributed by atoms with Gasteiger partial charge in [-0.2, -0.15) is 0 Å². The van der Waals surface area contributed by atoms with Crippen molar-refractivity contribution in [2.24, 2.45) is 7.05 Å². The number of fused-ring (bicyclic) bond motifs is 1. The first-order valence-corrected chi connectivity index (χ1v) is 10.6. The molecule has 0 bridgehead atoms. The molecular formula is C23H23FN8O. The Morgan fingerprint density at radius 1 is 1.03 bits per heavy atom. The SMILES string of the molecule is CN1CCN(c2cc(C(=O)Nc3cc4cc(-c5cn(C)nn5)c(F)cc4cn3)ccn2)CC1. The zero-order valence-electron chi connectivity index (χ0n) is 18.4. The summed E-state index contributed by atoms with van der Waals surface area (Å²) >= 11 is 0. The van der Waals surface area contributed by atoms with Gasteiger partial charge in [-0.25, -0.2) is 14.4 Å². The van der Waals surface area contributed by atoms with Crippen molar-refractivity contribution in [1.82, 2.24) is 29.9 Å². The second kappa shape index (κ2) is 8.55. The Bertz CT molecular complexity index is 1330. The Balaban J connectivity index is 1.38. The van der Waals surface area contributed by atoms with E-state index in [9.17, 15) is 9.18 Å². The van der Waals surface area contributed by atoms with Crippen LogP contribution < -0.4 is 10.2 Å². The minimum atomic E-state index is -0.408. The van der Waals surface area contributed by atoms with Crippen LogP contribution in [0.15, 0.2) is 48.9 Å². The number of hydrogen-bond acceptors (Lipinski definition) is 7. The summed E-state index contributed by atoms with van der Waals surface area (Å²) in [4.78, 5) is 26.0. The molecule has 1 saturated heterocycles. The summed E-state index contributed by atoms with van der Waals surface area (Å²) in [5.74, 6) is 0.471. The van der Waals surface area contributed by atoms with Gasteiger partial charge in [-0.3, -0.25) is 9.48 Å². The van der Waals surface area contributed by atoms with E-state index in [-0.39, 0.29) is 5.91 Å². The van der Waals surface area contributed by atoms with Gasteiger partial charge in [-0.05, 0) is 42.8 Å². The molecule has 4 aromatic rings. The van der Waals surface area contributed by atoms with Crippen LogP contribution in [-0.2, 0) is 7.05 Å². The predicted molar refractivity (Wildman–Crippen MR) is 124 cm³/mol. The smallest absolute Gasteiger partial charge is 0.257 e. The van der Waals surface area contributed by atoms with Crippen LogP contribution >= 0.6 is 0 Å². The Kier molecular flexibility index (Phi) is 5.43. The number of anilines is 2. The maximum atomic E-state index is 14.6. The fraction of sp³-hybridized carbons (Fsp3) is 0.261. The lowest BCUT2D eigenvalue weighted by Gasteiger charge is -2.33. The van der Waals surface area contributed by atoms with Gasteiger partial charge in [0.05, 0.1) is 6.20 Å². The van der Waals surface area contributed by atoms with Crippen molar-refractivity contribution in [1.29, 1.82) is 0 Å². The number of carbonyl (C=O) groups is 1. The van der Waals surface area contributed by atoms with E-state index < -0.39 is 5.82 Å². The van der Waals surface area contributed by atoms with Gasteiger partial charge in [0.1, 0.15) is 23.1 Å². The number of nitrogens with zero attached hydrogens (tertiary/aromatic N) is 7. The number of pyridine rings is 2. The lowest BCUT2D eigenvalue weighted by molar-refractivity contribution is 0.102. The first kappa shape index (κ1) is 21.0. The summed E-state index contributed by atoms with van der Waals surface area (Å²) in [6, 6.07) is 8.28. The fourth-order valence-electron chi connectivity index (χ4n) is 3.86. The van der Waals surface area contributed by atoms with Crippen LogP contribution in [-0.4, -0.2) is 69.0 Å². The molecule has 0 saturated carbocycles. The molecule has 5 rings (SSSR count). The monoisotopic (exact) mass is 446 g/mol. The van der Waals surface area contributed by atoms with E-state index in [1.54, 1.807) is 43.7 Å². The predicted octanol–water partition coefficient (Wildman–Crippen LogP) is 2.57. The third-order valence-electron chi connectivity index (χ3n) is 5.76. The summed E-state index contributed by atoms with van der Waals surface area (Å²) in [7, 11) is 3.82. The molecule has 0 unspecified atom stereocenters. The van der Waals surface area contributed by atoms with Gasteiger partial charge in [-0.15, -0.1) is 5.10 Å². The summed E-state index contributed by atoms with van der Waals surface area (Å²) in [5, 5.41) is 12.1. The molecule has 1 aromatic carbocycles. The Morgan fingerprint density at radius 2 is 1.85 bits per heavy atom. The van der Waals surface area contributed by atoms with Gasteiger partial charge in [0, 0.05) is 62.1 Å². The maximum absolute atomic E-state index is 14.6. The highest BCUT2D eigenvalue weighted by Crippen LogP contribution is 2.27. The molecule has 0 spiro atoms.